The molecule has 0 aromatic heterocycles. The van der Waals surface area contributed by atoms with Crippen LogP contribution in [0.15, 0.2) is 97.1 Å². The molecule has 228 valence electrons. The minimum absolute atomic E-state index is 0.0218. The van der Waals surface area contributed by atoms with Crippen molar-refractivity contribution in [2.24, 2.45) is 23.7 Å². The van der Waals surface area contributed by atoms with Gasteiger partial charge in [-0.1, -0.05) is 86.6 Å². The molecule has 0 spiro atoms. The molecule has 4 aliphatic heterocycles. The Morgan fingerprint density at radius 2 is 0.932 bits per heavy atom. The van der Waals surface area contributed by atoms with Crippen LogP contribution in [0.4, 0.5) is 0 Å². The maximum Gasteiger partial charge on any atom is 0.231 e. The van der Waals surface area contributed by atoms with E-state index in [-0.39, 0.29) is 25.8 Å². The summed E-state index contributed by atoms with van der Waals surface area (Å²) < 4.78 is 34.2. The molecule has 0 aliphatic carbocycles. The van der Waals surface area contributed by atoms with Gasteiger partial charge in [0, 0.05) is 11.8 Å². The first-order valence-corrected chi connectivity index (χ1v) is 15.7. The molecule has 0 radical (unpaired) electrons. The Hall–Kier alpha value is -4.00. The van der Waals surface area contributed by atoms with Crippen LogP contribution >= 0.6 is 0 Å². The summed E-state index contributed by atoms with van der Waals surface area (Å²) in [5, 5.41) is 0. The molecule has 2 unspecified atom stereocenters. The van der Waals surface area contributed by atoms with Gasteiger partial charge in [-0.15, -0.1) is 0 Å². The Labute approximate surface area is 259 Å². The normalized spacial score (nSPS) is 23.9. The predicted octanol–water partition coefficient (Wildman–Crippen LogP) is 7.96. The molecule has 6 nitrogen and oxygen atoms in total. The van der Waals surface area contributed by atoms with E-state index < -0.39 is 0 Å². The van der Waals surface area contributed by atoms with Crippen molar-refractivity contribution in [2.75, 3.05) is 26.8 Å². The quantitative estimate of drug-likeness (QED) is 0.217. The van der Waals surface area contributed by atoms with Crippen LogP contribution in [-0.2, 0) is 22.3 Å². The minimum atomic E-state index is 0.0218. The van der Waals surface area contributed by atoms with Gasteiger partial charge < -0.3 is 28.4 Å². The summed E-state index contributed by atoms with van der Waals surface area (Å²) in [6.45, 7) is 6.66. The van der Waals surface area contributed by atoms with Crippen molar-refractivity contribution < 1.29 is 28.4 Å². The third-order valence-electron chi connectivity index (χ3n) is 9.49. The van der Waals surface area contributed by atoms with Crippen LogP contribution in [0.2, 0.25) is 0 Å². The maximum atomic E-state index is 6.18. The van der Waals surface area contributed by atoms with Crippen LogP contribution < -0.4 is 18.9 Å². The van der Waals surface area contributed by atoms with E-state index in [9.17, 15) is 0 Å². The average molecular weight is 593 g/mol. The van der Waals surface area contributed by atoms with Crippen LogP contribution in [0.5, 0.6) is 23.0 Å². The van der Waals surface area contributed by atoms with Crippen molar-refractivity contribution in [3.63, 3.8) is 0 Å². The van der Waals surface area contributed by atoms with Crippen molar-refractivity contribution in [2.45, 2.75) is 38.9 Å². The zero-order valence-electron chi connectivity index (χ0n) is 25.4. The molecule has 4 aromatic carbocycles. The zero-order chi connectivity index (χ0) is 29.9. The van der Waals surface area contributed by atoms with Gasteiger partial charge in [0.1, 0.15) is 0 Å². The summed E-state index contributed by atoms with van der Waals surface area (Å²) in [5.74, 6) is 5.26. The Morgan fingerprint density at radius 1 is 0.523 bits per heavy atom. The van der Waals surface area contributed by atoms with Gasteiger partial charge in [0.25, 0.3) is 0 Å². The largest absolute Gasteiger partial charge is 0.454 e. The number of hydrogen-bond donors (Lipinski definition) is 0. The summed E-state index contributed by atoms with van der Waals surface area (Å²) in [5.41, 5.74) is 5.14. The van der Waals surface area contributed by atoms with Crippen molar-refractivity contribution in [1.82, 2.24) is 0 Å². The van der Waals surface area contributed by atoms with Crippen LogP contribution in [-0.4, -0.2) is 26.8 Å². The van der Waals surface area contributed by atoms with Gasteiger partial charge in [-0.3, -0.25) is 0 Å². The lowest BCUT2D eigenvalue weighted by Gasteiger charge is -2.20. The standard InChI is InChI=1S/C20H18O6.C18H22/c1-3-15-17(25-9-23-15)5-11(1)19-13-7-22-20(14(13)8-21-19)12-2-4-16-18(6-12)26-10-24-16;1-15(13-17-9-5-3-6-10-17)16(2)14-18-11-7-4-8-12-18/h1-6,13-14,19-20H,7-10H2;3-12,15-16H,13-14H2,1-2H3/t13-,14-,19+,20+;/m0./s1. The third-order valence-corrected chi connectivity index (χ3v) is 9.49. The fraction of sp³-hybridized carbons (Fsp3) is 0.368. The monoisotopic (exact) mass is 592 g/mol. The first-order chi connectivity index (χ1) is 21.6. The molecule has 6 atom stereocenters. The summed E-state index contributed by atoms with van der Waals surface area (Å²) in [6, 6.07) is 33.7. The lowest BCUT2D eigenvalue weighted by Crippen LogP contribution is -2.14. The van der Waals surface area contributed by atoms with Crippen molar-refractivity contribution in [3.05, 3.63) is 119 Å². The van der Waals surface area contributed by atoms with Crippen LogP contribution in [0.3, 0.4) is 0 Å². The van der Waals surface area contributed by atoms with E-state index in [4.69, 9.17) is 28.4 Å². The fourth-order valence-corrected chi connectivity index (χ4v) is 6.79. The van der Waals surface area contributed by atoms with Gasteiger partial charge in [-0.05, 0) is 71.2 Å². The molecule has 0 bridgehead atoms. The maximum absolute atomic E-state index is 6.18. The van der Waals surface area contributed by atoms with E-state index in [0.29, 0.717) is 36.9 Å². The van der Waals surface area contributed by atoms with Crippen molar-refractivity contribution in [1.29, 1.82) is 0 Å². The summed E-state index contributed by atoms with van der Waals surface area (Å²) in [7, 11) is 0. The topological polar surface area (TPSA) is 55.4 Å². The molecule has 4 aromatic rings. The van der Waals surface area contributed by atoms with E-state index in [2.05, 4.69) is 86.6 Å². The van der Waals surface area contributed by atoms with Gasteiger partial charge in [0.2, 0.25) is 13.6 Å². The molecule has 2 saturated heterocycles. The van der Waals surface area contributed by atoms with E-state index in [1.165, 1.54) is 24.0 Å². The van der Waals surface area contributed by atoms with Gasteiger partial charge in [-0.2, -0.15) is 0 Å². The highest BCUT2D eigenvalue weighted by molar-refractivity contribution is 5.47. The van der Waals surface area contributed by atoms with Crippen molar-refractivity contribution >= 4 is 0 Å². The minimum Gasteiger partial charge on any atom is -0.454 e. The van der Waals surface area contributed by atoms with E-state index in [0.717, 1.165) is 34.1 Å². The highest BCUT2D eigenvalue weighted by Crippen LogP contribution is 2.52. The predicted molar refractivity (Wildman–Crippen MR) is 168 cm³/mol. The van der Waals surface area contributed by atoms with E-state index >= 15 is 0 Å². The molecule has 6 heteroatoms. The summed E-state index contributed by atoms with van der Waals surface area (Å²) >= 11 is 0. The molecule has 0 saturated carbocycles. The van der Waals surface area contributed by atoms with Gasteiger partial charge in [-0.25, -0.2) is 0 Å². The SMILES string of the molecule is CC(Cc1ccccc1)C(C)Cc1ccccc1.c1cc2c(cc1[C@H]1OC[C@H]3[C@@H]1CO[C@@H]3c1ccc3c(c1)OCO3)OCO2. The summed E-state index contributed by atoms with van der Waals surface area (Å²) in [6.07, 6.45) is 2.39. The number of rotatable bonds is 7. The van der Waals surface area contributed by atoms with Crippen molar-refractivity contribution in [3.8, 4) is 23.0 Å². The number of ether oxygens (including phenoxy) is 6. The molecule has 2 fully saturated rings. The Kier molecular flexibility index (Phi) is 8.45. The average Bonchev–Trinajstić information content (AvgIpc) is 3.86. The second kappa shape index (κ2) is 12.9. The first-order valence-electron chi connectivity index (χ1n) is 15.7. The van der Waals surface area contributed by atoms with E-state index in [1.54, 1.807) is 0 Å². The molecule has 8 rings (SSSR count). The van der Waals surface area contributed by atoms with Gasteiger partial charge in [0.05, 0.1) is 25.4 Å². The number of benzene rings is 4. The molecule has 4 heterocycles. The molecule has 0 amide bonds. The lowest BCUT2D eigenvalue weighted by atomic mass is 9.85. The second-order valence-corrected chi connectivity index (χ2v) is 12.4. The van der Waals surface area contributed by atoms with Gasteiger partial charge >= 0.3 is 0 Å². The van der Waals surface area contributed by atoms with E-state index in [1.807, 2.05) is 24.3 Å². The second-order valence-electron chi connectivity index (χ2n) is 12.4. The Morgan fingerprint density at radius 3 is 1.36 bits per heavy atom. The first kappa shape index (κ1) is 28.8. The smallest absolute Gasteiger partial charge is 0.231 e. The van der Waals surface area contributed by atoms with Crippen LogP contribution in [0, 0.1) is 23.7 Å². The molecular weight excluding hydrogens is 552 g/mol. The zero-order valence-corrected chi connectivity index (χ0v) is 25.4. The van der Waals surface area contributed by atoms with Gasteiger partial charge in [0.15, 0.2) is 23.0 Å². The molecule has 44 heavy (non-hydrogen) atoms. The number of fused-ring (bicyclic) bond motifs is 3. The summed E-state index contributed by atoms with van der Waals surface area (Å²) in [4.78, 5) is 0. The highest BCUT2D eigenvalue weighted by Gasteiger charge is 2.48. The Balaban J connectivity index is 0.000000153. The lowest BCUT2D eigenvalue weighted by molar-refractivity contribution is 0.0192. The molecule has 0 N–H and O–H groups in total. The van der Waals surface area contributed by atoms with Crippen LogP contribution in [0.1, 0.15) is 48.3 Å². The highest BCUT2D eigenvalue weighted by atomic mass is 16.7. The fourth-order valence-electron chi connectivity index (χ4n) is 6.79. The molecule has 4 aliphatic rings. The number of hydrogen-bond acceptors (Lipinski definition) is 6. The molecular formula is C38H40O6. The third kappa shape index (κ3) is 6.15. The Bertz CT molecular complexity index is 1420. The van der Waals surface area contributed by atoms with Crippen LogP contribution in [0.25, 0.3) is 0 Å².